The maximum atomic E-state index is 12.4. The first-order valence-electron chi connectivity index (χ1n) is 10.6. The molecule has 4 N–H and O–H groups in total. The molecule has 1 aliphatic carbocycles. The second-order valence-electron chi connectivity index (χ2n) is 7.75. The Morgan fingerprint density at radius 2 is 1.76 bits per heavy atom. The highest BCUT2D eigenvalue weighted by Gasteiger charge is 2.22. The summed E-state index contributed by atoms with van der Waals surface area (Å²) in [6.07, 6.45) is 12.2. The van der Waals surface area contributed by atoms with Crippen LogP contribution in [0.15, 0.2) is 42.5 Å². The fourth-order valence-corrected chi connectivity index (χ4v) is 3.70. The van der Waals surface area contributed by atoms with Crippen LogP contribution < -0.4 is 16.4 Å². The van der Waals surface area contributed by atoms with Crippen LogP contribution in [0.2, 0.25) is 0 Å². The molecule has 6 nitrogen and oxygen atoms in total. The molecule has 1 atom stereocenters. The summed E-state index contributed by atoms with van der Waals surface area (Å²) in [6, 6.07) is 8.81. The number of allylic oxidation sites excluding steroid dienone is 1. The van der Waals surface area contributed by atoms with Crippen molar-refractivity contribution in [1.29, 1.82) is 0 Å². The Kier molecular flexibility index (Phi) is 9.96. The molecule has 1 aliphatic rings. The van der Waals surface area contributed by atoms with E-state index in [1.165, 1.54) is 44.6 Å². The average molecular weight is 400 g/mol. The predicted octanol–water partition coefficient (Wildman–Crippen LogP) is 2.62. The molecule has 1 aromatic carbocycles. The Morgan fingerprint density at radius 1 is 1.07 bits per heavy atom. The summed E-state index contributed by atoms with van der Waals surface area (Å²) in [7, 11) is 0. The number of rotatable bonds is 10. The molecular weight excluding hydrogens is 366 g/mol. The van der Waals surface area contributed by atoms with Crippen LogP contribution in [0.1, 0.15) is 56.9 Å². The fraction of sp³-hybridized carbons (Fsp3) is 0.522. The first-order valence-corrected chi connectivity index (χ1v) is 10.6. The van der Waals surface area contributed by atoms with Gasteiger partial charge >= 0.3 is 0 Å². The summed E-state index contributed by atoms with van der Waals surface area (Å²) in [5.41, 5.74) is 6.35. The number of hydrogen-bond acceptors (Lipinski definition) is 3. The summed E-state index contributed by atoms with van der Waals surface area (Å²) in [4.78, 5) is 35.9. The Bertz CT molecular complexity index is 680. The molecule has 0 aliphatic heterocycles. The number of carbonyl (C=O) groups excluding carboxylic acids is 3. The predicted molar refractivity (Wildman–Crippen MR) is 114 cm³/mol. The number of benzene rings is 1. The lowest BCUT2D eigenvalue weighted by molar-refractivity contribution is -0.129. The monoisotopic (exact) mass is 399 g/mol. The van der Waals surface area contributed by atoms with E-state index in [0.29, 0.717) is 18.9 Å². The van der Waals surface area contributed by atoms with Crippen molar-refractivity contribution in [3.63, 3.8) is 0 Å². The zero-order valence-corrected chi connectivity index (χ0v) is 17.1. The lowest BCUT2D eigenvalue weighted by Gasteiger charge is -2.16. The number of nitrogens with two attached hydrogens (primary N) is 1. The van der Waals surface area contributed by atoms with Crippen molar-refractivity contribution in [1.82, 2.24) is 10.6 Å². The minimum absolute atomic E-state index is 0.223. The Morgan fingerprint density at radius 3 is 2.41 bits per heavy atom. The third-order valence-electron chi connectivity index (χ3n) is 5.31. The highest BCUT2D eigenvalue weighted by molar-refractivity contribution is 5.95. The molecule has 0 unspecified atom stereocenters. The van der Waals surface area contributed by atoms with Gasteiger partial charge in [-0.2, -0.15) is 0 Å². The average Bonchev–Trinajstić information content (AvgIpc) is 2.97. The molecule has 0 aromatic heterocycles. The normalized spacial score (nSPS) is 16.1. The van der Waals surface area contributed by atoms with Crippen molar-refractivity contribution in [3.05, 3.63) is 48.0 Å². The molecule has 0 heterocycles. The summed E-state index contributed by atoms with van der Waals surface area (Å²) < 4.78 is 0. The highest BCUT2D eigenvalue weighted by atomic mass is 16.2. The third kappa shape index (κ3) is 9.41. The van der Waals surface area contributed by atoms with Crippen molar-refractivity contribution >= 4 is 17.7 Å². The summed E-state index contributed by atoms with van der Waals surface area (Å²) in [6.45, 7) is 0.422. The minimum Gasteiger partial charge on any atom is -0.370 e. The minimum atomic E-state index is -0.960. The molecule has 0 radical (unpaired) electrons. The Hall–Kier alpha value is -2.63. The van der Waals surface area contributed by atoms with Crippen LogP contribution in [0, 0.1) is 5.92 Å². The van der Waals surface area contributed by atoms with Gasteiger partial charge in [0, 0.05) is 6.54 Å². The Labute approximate surface area is 173 Å². The first-order chi connectivity index (χ1) is 14.0. The van der Waals surface area contributed by atoms with Gasteiger partial charge in [-0.25, -0.2) is 0 Å². The van der Waals surface area contributed by atoms with Crippen molar-refractivity contribution in [3.8, 4) is 0 Å². The van der Waals surface area contributed by atoms with Crippen LogP contribution in [0.3, 0.4) is 0 Å². The smallest absolute Gasteiger partial charge is 0.244 e. The quantitative estimate of drug-likeness (QED) is 0.416. The van der Waals surface area contributed by atoms with Crippen LogP contribution in [0.4, 0.5) is 0 Å². The van der Waals surface area contributed by atoms with Crippen molar-refractivity contribution in [2.45, 2.75) is 63.8 Å². The second kappa shape index (κ2) is 12.8. The number of nitrogens with one attached hydrogen (secondary N) is 2. The second-order valence-corrected chi connectivity index (χ2v) is 7.75. The lowest BCUT2D eigenvalue weighted by Crippen LogP contribution is -2.48. The maximum absolute atomic E-state index is 12.4. The lowest BCUT2D eigenvalue weighted by atomic mass is 9.96. The van der Waals surface area contributed by atoms with E-state index in [2.05, 4.69) is 10.6 Å². The van der Waals surface area contributed by atoms with E-state index in [1.54, 1.807) is 0 Å². The van der Waals surface area contributed by atoms with Crippen LogP contribution in [-0.2, 0) is 20.8 Å². The number of hydrogen-bond donors (Lipinski definition) is 3. The largest absolute Gasteiger partial charge is 0.370 e. The third-order valence-corrected chi connectivity index (χ3v) is 5.31. The van der Waals surface area contributed by atoms with Gasteiger partial charge in [0.1, 0.15) is 6.04 Å². The molecule has 6 heteroatoms. The highest BCUT2D eigenvalue weighted by Crippen LogP contribution is 2.25. The van der Waals surface area contributed by atoms with Gasteiger partial charge in [0.2, 0.25) is 17.7 Å². The van der Waals surface area contributed by atoms with E-state index in [4.69, 9.17) is 5.73 Å². The van der Waals surface area contributed by atoms with Gasteiger partial charge in [0.15, 0.2) is 0 Å². The number of primary amides is 1. The van der Waals surface area contributed by atoms with Crippen LogP contribution in [0.5, 0.6) is 0 Å². The SMILES string of the molecule is NC(=O)C[C@@H](NC(=O)C=CCC1CCCCCC1)C(=O)NCCc1ccccc1. The van der Waals surface area contributed by atoms with Gasteiger partial charge in [-0.15, -0.1) is 0 Å². The maximum Gasteiger partial charge on any atom is 0.244 e. The first kappa shape index (κ1) is 22.7. The van der Waals surface area contributed by atoms with Crippen LogP contribution in [0.25, 0.3) is 0 Å². The van der Waals surface area contributed by atoms with Gasteiger partial charge in [-0.05, 0) is 30.4 Å². The Balaban J connectivity index is 1.79. The summed E-state index contributed by atoms with van der Waals surface area (Å²) in [5.74, 6) is -0.770. The van der Waals surface area contributed by atoms with Crippen molar-refractivity contribution in [2.75, 3.05) is 6.54 Å². The molecule has 0 bridgehead atoms. The van der Waals surface area contributed by atoms with E-state index in [9.17, 15) is 14.4 Å². The summed E-state index contributed by atoms with van der Waals surface area (Å²) in [5, 5.41) is 5.38. The molecule has 1 saturated carbocycles. The molecule has 29 heavy (non-hydrogen) atoms. The standard InChI is InChI=1S/C23H33N3O3/c24-21(27)17-20(23(29)25-16-15-19-11-6-3-7-12-19)26-22(28)14-8-13-18-9-4-1-2-5-10-18/h3,6-8,11-12,14,18,20H,1-2,4-5,9-10,13,15-17H2,(H2,24,27)(H,25,29)(H,26,28)/t20-/m1/s1. The topological polar surface area (TPSA) is 101 Å². The van der Waals surface area contributed by atoms with Gasteiger partial charge in [0.05, 0.1) is 6.42 Å². The van der Waals surface area contributed by atoms with E-state index < -0.39 is 17.9 Å². The molecule has 0 spiro atoms. The molecule has 3 amide bonds. The van der Waals surface area contributed by atoms with E-state index in [1.807, 2.05) is 36.4 Å². The summed E-state index contributed by atoms with van der Waals surface area (Å²) >= 11 is 0. The van der Waals surface area contributed by atoms with E-state index in [-0.39, 0.29) is 12.3 Å². The molecule has 0 saturated heterocycles. The van der Waals surface area contributed by atoms with Crippen molar-refractivity contribution in [2.24, 2.45) is 11.7 Å². The van der Waals surface area contributed by atoms with Crippen molar-refractivity contribution < 1.29 is 14.4 Å². The van der Waals surface area contributed by atoms with E-state index in [0.717, 1.165) is 12.0 Å². The van der Waals surface area contributed by atoms with Gasteiger partial charge in [0.25, 0.3) is 0 Å². The van der Waals surface area contributed by atoms with Crippen LogP contribution in [-0.4, -0.2) is 30.3 Å². The molecular formula is C23H33N3O3. The molecule has 158 valence electrons. The molecule has 1 fully saturated rings. The zero-order valence-electron chi connectivity index (χ0n) is 17.1. The number of carbonyl (C=O) groups is 3. The van der Waals surface area contributed by atoms with Crippen LogP contribution >= 0.6 is 0 Å². The fourth-order valence-electron chi connectivity index (χ4n) is 3.70. The van der Waals surface area contributed by atoms with Gasteiger partial charge in [-0.3, -0.25) is 14.4 Å². The molecule has 2 rings (SSSR count). The molecule has 1 aromatic rings. The van der Waals surface area contributed by atoms with E-state index >= 15 is 0 Å². The van der Waals surface area contributed by atoms with Gasteiger partial charge < -0.3 is 16.4 Å². The number of amides is 3. The zero-order chi connectivity index (χ0) is 20.9. The van der Waals surface area contributed by atoms with Gasteiger partial charge in [-0.1, -0.05) is 74.9 Å².